The van der Waals surface area contributed by atoms with Crippen LogP contribution in [0.3, 0.4) is 0 Å². The van der Waals surface area contributed by atoms with Gasteiger partial charge in [0.2, 0.25) is 5.91 Å². The second-order valence-electron chi connectivity index (χ2n) is 7.98. The van der Waals surface area contributed by atoms with E-state index in [0.717, 1.165) is 64.5 Å². The highest BCUT2D eigenvalue weighted by atomic mass is 127. The molecule has 0 aliphatic carbocycles. The highest BCUT2D eigenvalue weighted by Gasteiger charge is 2.21. The zero-order valence-electron chi connectivity index (χ0n) is 17.9. The first-order chi connectivity index (χ1) is 12.3. The van der Waals surface area contributed by atoms with Crippen molar-refractivity contribution in [3.63, 3.8) is 0 Å². The molecule has 1 aliphatic rings. The fourth-order valence-corrected chi connectivity index (χ4v) is 2.87. The fourth-order valence-electron chi connectivity index (χ4n) is 2.87. The first-order valence-electron chi connectivity index (χ1n) is 10.1. The fraction of sp³-hybridized carbons (Fsp3) is 0.895. The summed E-state index contributed by atoms with van der Waals surface area (Å²) >= 11 is 0. The zero-order valence-corrected chi connectivity index (χ0v) is 20.2. The number of piperidine rings is 1. The van der Waals surface area contributed by atoms with Gasteiger partial charge in [-0.3, -0.25) is 14.7 Å². The van der Waals surface area contributed by atoms with Crippen LogP contribution in [-0.4, -0.2) is 74.2 Å². The van der Waals surface area contributed by atoms with E-state index >= 15 is 0 Å². The molecular weight excluding hydrogens is 455 g/mol. The van der Waals surface area contributed by atoms with Crippen LogP contribution in [0.2, 0.25) is 0 Å². The van der Waals surface area contributed by atoms with Gasteiger partial charge in [0.15, 0.2) is 5.96 Å². The zero-order chi connectivity index (χ0) is 19.4. The summed E-state index contributed by atoms with van der Waals surface area (Å²) in [4.78, 5) is 18.7. The van der Waals surface area contributed by atoms with Gasteiger partial charge in [-0.1, -0.05) is 6.92 Å². The maximum absolute atomic E-state index is 11.8. The van der Waals surface area contributed by atoms with Crippen molar-refractivity contribution in [3.05, 3.63) is 0 Å². The highest BCUT2D eigenvalue weighted by Crippen LogP contribution is 2.09. The van der Waals surface area contributed by atoms with Crippen molar-refractivity contribution in [1.82, 2.24) is 26.2 Å². The van der Waals surface area contributed by atoms with E-state index in [4.69, 9.17) is 0 Å². The molecule has 1 saturated heterocycles. The molecule has 1 aliphatic heterocycles. The van der Waals surface area contributed by atoms with Crippen LogP contribution >= 0.6 is 24.0 Å². The lowest BCUT2D eigenvalue weighted by Gasteiger charge is -2.32. The molecule has 1 fully saturated rings. The lowest BCUT2D eigenvalue weighted by Crippen LogP contribution is -2.50. The van der Waals surface area contributed by atoms with Crippen LogP contribution in [0, 0.1) is 0 Å². The molecule has 160 valence electrons. The van der Waals surface area contributed by atoms with E-state index in [0.29, 0.717) is 12.6 Å². The lowest BCUT2D eigenvalue weighted by molar-refractivity contribution is -0.122. The molecule has 0 radical (unpaired) electrons. The number of hydrogen-bond acceptors (Lipinski definition) is 4. The third-order valence-electron chi connectivity index (χ3n) is 4.25. The van der Waals surface area contributed by atoms with Crippen molar-refractivity contribution in [2.45, 2.75) is 65.5 Å². The summed E-state index contributed by atoms with van der Waals surface area (Å²) in [7, 11) is 0. The summed E-state index contributed by atoms with van der Waals surface area (Å²) in [5.41, 5.74) is 0.123. The normalized spacial score (nSPS) is 16.6. The molecule has 0 aromatic heterocycles. The molecule has 0 saturated carbocycles. The third-order valence-corrected chi connectivity index (χ3v) is 4.25. The number of guanidine groups is 1. The number of nitrogens with zero attached hydrogens (tertiary/aromatic N) is 2. The predicted octanol–water partition coefficient (Wildman–Crippen LogP) is 1.54. The summed E-state index contributed by atoms with van der Waals surface area (Å²) in [6.07, 6.45) is 3.05. The van der Waals surface area contributed by atoms with Crippen LogP contribution in [0.15, 0.2) is 4.99 Å². The van der Waals surface area contributed by atoms with Crippen LogP contribution in [0.25, 0.3) is 0 Å². The molecule has 0 bridgehead atoms. The number of amides is 1. The Morgan fingerprint density at radius 1 is 1.11 bits per heavy atom. The number of rotatable bonds is 9. The maximum Gasteiger partial charge on any atom is 0.234 e. The monoisotopic (exact) mass is 496 g/mol. The van der Waals surface area contributed by atoms with Crippen LogP contribution in [0.1, 0.15) is 53.9 Å². The Morgan fingerprint density at radius 3 is 2.33 bits per heavy atom. The predicted molar refractivity (Wildman–Crippen MR) is 125 cm³/mol. The van der Waals surface area contributed by atoms with E-state index in [1.165, 1.54) is 0 Å². The third kappa shape index (κ3) is 13.2. The highest BCUT2D eigenvalue weighted by molar-refractivity contribution is 14.0. The van der Waals surface area contributed by atoms with Crippen molar-refractivity contribution < 1.29 is 4.79 Å². The molecule has 1 heterocycles. The minimum atomic E-state index is 0. The van der Waals surface area contributed by atoms with E-state index in [9.17, 15) is 4.79 Å². The van der Waals surface area contributed by atoms with Crippen LogP contribution in [0.4, 0.5) is 0 Å². The number of halogens is 1. The number of carbonyl (C=O) groups excluding carboxylic acids is 1. The van der Waals surface area contributed by atoms with Gasteiger partial charge >= 0.3 is 0 Å². The second kappa shape index (κ2) is 14.4. The standard InChI is InChI=1S/C19H40N6O.HI/c1-6-10-21-17(26)15-25-13-8-16(9-14-25)24-18(20-7-2)22-11-12-23-19(3,4)5;/h16,23H,6-15H2,1-5H3,(H,21,26)(H2,20,22,24);1H. The quantitative estimate of drug-likeness (QED) is 0.169. The van der Waals surface area contributed by atoms with Gasteiger partial charge in [-0.2, -0.15) is 0 Å². The van der Waals surface area contributed by atoms with Crippen molar-refractivity contribution in [2.24, 2.45) is 4.99 Å². The molecule has 27 heavy (non-hydrogen) atoms. The summed E-state index contributed by atoms with van der Waals surface area (Å²) in [5.74, 6) is 1.03. The van der Waals surface area contributed by atoms with Gasteiger partial charge in [0.1, 0.15) is 0 Å². The van der Waals surface area contributed by atoms with Gasteiger partial charge in [0.05, 0.1) is 13.1 Å². The molecule has 0 spiro atoms. The first-order valence-corrected chi connectivity index (χ1v) is 10.1. The number of hydrogen-bond donors (Lipinski definition) is 4. The van der Waals surface area contributed by atoms with Gasteiger partial charge in [-0.15, -0.1) is 24.0 Å². The van der Waals surface area contributed by atoms with Crippen LogP contribution < -0.4 is 21.3 Å². The average Bonchev–Trinajstić information content (AvgIpc) is 2.58. The minimum Gasteiger partial charge on any atom is -0.357 e. The topological polar surface area (TPSA) is 80.8 Å². The summed E-state index contributed by atoms with van der Waals surface area (Å²) in [6, 6.07) is 0.415. The Labute approximate surface area is 182 Å². The number of likely N-dealkylation sites (tertiary alicyclic amines) is 1. The summed E-state index contributed by atoms with van der Waals surface area (Å²) in [6.45, 7) is 16.3. The summed E-state index contributed by atoms with van der Waals surface area (Å²) in [5, 5.41) is 13.3. The van der Waals surface area contributed by atoms with Crippen molar-refractivity contribution in [3.8, 4) is 0 Å². The largest absolute Gasteiger partial charge is 0.357 e. The van der Waals surface area contributed by atoms with E-state index in [2.05, 4.69) is 65.8 Å². The van der Waals surface area contributed by atoms with E-state index in [1.807, 2.05) is 0 Å². The Morgan fingerprint density at radius 2 is 1.78 bits per heavy atom. The average molecular weight is 496 g/mol. The van der Waals surface area contributed by atoms with Crippen molar-refractivity contribution in [1.29, 1.82) is 0 Å². The molecule has 1 amide bonds. The smallest absolute Gasteiger partial charge is 0.234 e. The van der Waals surface area contributed by atoms with E-state index in [-0.39, 0.29) is 35.4 Å². The molecule has 0 aromatic rings. The minimum absolute atomic E-state index is 0. The van der Waals surface area contributed by atoms with Crippen LogP contribution in [-0.2, 0) is 4.79 Å². The van der Waals surface area contributed by atoms with Crippen LogP contribution in [0.5, 0.6) is 0 Å². The Kier molecular flexibility index (Phi) is 14.1. The molecular formula is C19H41IN6O. The van der Waals surface area contributed by atoms with E-state index < -0.39 is 0 Å². The Hall–Kier alpha value is -0.610. The first kappa shape index (κ1) is 26.4. The van der Waals surface area contributed by atoms with Gasteiger partial charge in [-0.25, -0.2) is 0 Å². The molecule has 0 aromatic carbocycles. The molecule has 1 rings (SSSR count). The number of nitrogens with one attached hydrogen (secondary N) is 4. The molecule has 4 N–H and O–H groups in total. The van der Waals surface area contributed by atoms with Gasteiger partial charge in [0.25, 0.3) is 0 Å². The van der Waals surface area contributed by atoms with Gasteiger partial charge < -0.3 is 21.3 Å². The van der Waals surface area contributed by atoms with Gasteiger partial charge in [0, 0.05) is 44.3 Å². The Balaban J connectivity index is 0.00000676. The molecule has 0 unspecified atom stereocenters. The van der Waals surface area contributed by atoms with E-state index in [1.54, 1.807) is 0 Å². The van der Waals surface area contributed by atoms with Crippen molar-refractivity contribution >= 4 is 35.8 Å². The molecule has 7 nitrogen and oxygen atoms in total. The maximum atomic E-state index is 11.8. The number of carbonyl (C=O) groups is 1. The van der Waals surface area contributed by atoms with Gasteiger partial charge in [-0.05, 0) is 47.0 Å². The number of aliphatic imine (C=N–C) groups is 1. The van der Waals surface area contributed by atoms with Crippen molar-refractivity contribution in [2.75, 3.05) is 45.8 Å². The second-order valence-corrected chi connectivity index (χ2v) is 7.98. The lowest BCUT2D eigenvalue weighted by atomic mass is 10.1. The SMILES string of the molecule is CCCNC(=O)CN1CCC(NC(=NCCNC(C)(C)C)NCC)CC1.I. The molecule has 8 heteroatoms. The Bertz CT molecular complexity index is 430. The molecule has 0 atom stereocenters. The summed E-state index contributed by atoms with van der Waals surface area (Å²) < 4.78 is 0.